The van der Waals surface area contributed by atoms with Gasteiger partial charge in [-0.05, 0) is 85.3 Å². The summed E-state index contributed by atoms with van der Waals surface area (Å²) in [7, 11) is 0. The van der Waals surface area contributed by atoms with E-state index in [1.54, 1.807) is 5.57 Å². The van der Waals surface area contributed by atoms with Crippen LogP contribution >= 0.6 is 0 Å². The molecule has 0 N–H and O–H groups in total. The SMILES string of the molecule is CCC1=C(CCCCCCOC(C)(C)C)c2c(cccc2-c2ccc(C(C)(C)C)cc2)[CH]1. The number of ether oxygens (including phenoxy) is 1. The second-order valence-corrected chi connectivity index (χ2v) is 11.2. The molecule has 0 saturated carbocycles. The molecule has 2 aromatic carbocycles. The average Bonchev–Trinajstić information content (AvgIpc) is 3.09. The van der Waals surface area contributed by atoms with Crippen molar-refractivity contribution in [3.63, 3.8) is 0 Å². The van der Waals surface area contributed by atoms with Crippen molar-refractivity contribution in [2.45, 2.75) is 98.0 Å². The summed E-state index contributed by atoms with van der Waals surface area (Å²) in [6.45, 7) is 16.4. The summed E-state index contributed by atoms with van der Waals surface area (Å²) in [5.41, 5.74) is 10.2. The third-order valence-corrected chi connectivity index (χ3v) is 6.41. The van der Waals surface area contributed by atoms with Crippen molar-refractivity contribution >= 4 is 5.57 Å². The van der Waals surface area contributed by atoms with Gasteiger partial charge in [-0.3, -0.25) is 0 Å². The average molecular weight is 432 g/mol. The lowest BCUT2D eigenvalue weighted by molar-refractivity contribution is -0.00473. The summed E-state index contributed by atoms with van der Waals surface area (Å²) >= 11 is 0. The number of benzene rings is 2. The van der Waals surface area contributed by atoms with Crippen LogP contribution in [0.3, 0.4) is 0 Å². The molecular formula is C31H43O. The summed E-state index contributed by atoms with van der Waals surface area (Å²) in [6, 6.07) is 16.0. The van der Waals surface area contributed by atoms with E-state index in [9.17, 15) is 0 Å². The van der Waals surface area contributed by atoms with Gasteiger partial charge in [0.05, 0.1) is 5.60 Å². The van der Waals surface area contributed by atoms with Gasteiger partial charge in [0.25, 0.3) is 0 Å². The molecule has 32 heavy (non-hydrogen) atoms. The Labute approximate surface area is 197 Å². The van der Waals surface area contributed by atoms with Gasteiger partial charge in [0.2, 0.25) is 0 Å². The second kappa shape index (κ2) is 10.4. The first-order valence-corrected chi connectivity index (χ1v) is 12.5. The van der Waals surface area contributed by atoms with E-state index in [1.807, 2.05) is 0 Å². The highest BCUT2D eigenvalue weighted by atomic mass is 16.5. The maximum atomic E-state index is 5.87. The molecule has 1 heteroatoms. The van der Waals surface area contributed by atoms with E-state index in [4.69, 9.17) is 4.74 Å². The predicted octanol–water partition coefficient (Wildman–Crippen LogP) is 9.15. The Morgan fingerprint density at radius 1 is 0.781 bits per heavy atom. The lowest BCUT2D eigenvalue weighted by Gasteiger charge is -2.20. The zero-order chi connectivity index (χ0) is 23.4. The van der Waals surface area contributed by atoms with E-state index in [2.05, 4.69) is 97.4 Å². The summed E-state index contributed by atoms with van der Waals surface area (Å²) in [5.74, 6) is 0. The zero-order valence-electron chi connectivity index (χ0n) is 21.5. The lowest BCUT2D eigenvalue weighted by Crippen LogP contribution is -2.19. The van der Waals surface area contributed by atoms with E-state index in [0.29, 0.717) is 0 Å². The fraction of sp³-hybridized carbons (Fsp3) is 0.516. The summed E-state index contributed by atoms with van der Waals surface area (Å²) in [4.78, 5) is 0. The van der Waals surface area contributed by atoms with Crippen LogP contribution in [0.4, 0.5) is 0 Å². The fourth-order valence-corrected chi connectivity index (χ4v) is 4.59. The third kappa shape index (κ3) is 6.35. The minimum absolute atomic E-state index is 0.0221. The van der Waals surface area contributed by atoms with Crippen molar-refractivity contribution in [3.8, 4) is 11.1 Å². The van der Waals surface area contributed by atoms with Crippen LogP contribution in [0.15, 0.2) is 48.0 Å². The number of rotatable bonds is 9. The number of allylic oxidation sites excluding steroid dienone is 2. The van der Waals surface area contributed by atoms with Crippen molar-refractivity contribution in [2.24, 2.45) is 0 Å². The first-order chi connectivity index (χ1) is 15.1. The molecule has 1 aliphatic carbocycles. The molecular weight excluding hydrogens is 388 g/mol. The van der Waals surface area contributed by atoms with Crippen LogP contribution in [-0.4, -0.2) is 12.2 Å². The van der Waals surface area contributed by atoms with E-state index >= 15 is 0 Å². The molecule has 0 bridgehead atoms. The molecule has 0 amide bonds. The van der Waals surface area contributed by atoms with Crippen LogP contribution in [0.2, 0.25) is 0 Å². The maximum absolute atomic E-state index is 5.87. The lowest BCUT2D eigenvalue weighted by atomic mass is 9.85. The van der Waals surface area contributed by atoms with Crippen LogP contribution in [-0.2, 0) is 10.2 Å². The van der Waals surface area contributed by atoms with Crippen LogP contribution in [0.25, 0.3) is 16.7 Å². The van der Waals surface area contributed by atoms with Gasteiger partial charge >= 0.3 is 0 Å². The molecule has 0 aromatic heterocycles. The van der Waals surface area contributed by atoms with Crippen LogP contribution < -0.4 is 0 Å². The maximum Gasteiger partial charge on any atom is 0.0598 e. The van der Waals surface area contributed by atoms with E-state index in [1.165, 1.54) is 59.1 Å². The quantitative estimate of drug-likeness (QED) is 0.360. The van der Waals surface area contributed by atoms with Gasteiger partial charge in [-0.1, -0.05) is 88.6 Å². The molecule has 0 fully saturated rings. The minimum atomic E-state index is -0.0221. The summed E-state index contributed by atoms with van der Waals surface area (Å²) < 4.78 is 5.87. The largest absolute Gasteiger partial charge is 0.376 e. The Hall–Kier alpha value is -1.86. The van der Waals surface area contributed by atoms with E-state index in [0.717, 1.165) is 19.4 Å². The molecule has 1 nitrogen and oxygen atoms in total. The highest BCUT2D eigenvalue weighted by molar-refractivity contribution is 5.90. The molecule has 1 aliphatic rings. The van der Waals surface area contributed by atoms with Crippen LogP contribution in [0, 0.1) is 6.42 Å². The van der Waals surface area contributed by atoms with Gasteiger partial charge in [0.1, 0.15) is 0 Å². The van der Waals surface area contributed by atoms with Gasteiger partial charge in [0, 0.05) is 13.0 Å². The van der Waals surface area contributed by atoms with E-state index < -0.39 is 0 Å². The van der Waals surface area contributed by atoms with Gasteiger partial charge in [-0.25, -0.2) is 0 Å². The Morgan fingerprint density at radius 2 is 1.47 bits per heavy atom. The topological polar surface area (TPSA) is 9.23 Å². The minimum Gasteiger partial charge on any atom is -0.376 e. The Morgan fingerprint density at radius 3 is 2.09 bits per heavy atom. The number of unbranched alkanes of at least 4 members (excludes halogenated alkanes) is 3. The van der Waals surface area contributed by atoms with Crippen molar-refractivity contribution in [2.75, 3.05) is 6.61 Å². The Kier molecular flexibility index (Phi) is 8.04. The number of hydrogen-bond donors (Lipinski definition) is 0. The first kappa shape index (κ1) is 24.8. The standard InChI is InChI=1S/C31H43O/c1-8-23-22-25-14-13-16-28(24-17-19-26(20-18-24)30(2,3)4)29(25)27(23)15-11-9-10-12-21-32-31(5,6)7/h13-14,16-20,22H,8-12,15,21H2,1-7H3. The summed E-state index contributed by atoms with van der Waals surface area (Å²) in [5, 5.41) is 0. The second-order valence-electron chi connectivity index (χ2n) is 11.2. The molecule has 0 unspecified atom stereocenters. The molecule has 2 aromatic rings. The Balaban J connectivity index is 1.71. The number of hydrogen-bond acceptors (Lipinski definition) is 1. The van der Waals surface area contributed by atoms with Crippen molar-refractivity contribution in [1.29, 1.82) is 0 Å². The Bertz CT molecular complexity index is 916. The monoisotopic (exact) mass is 431 g/mol. The highest BCUT2D eigenvalue weighted by Crippen LogP contribution is 2.44. The normalized spacial score (nSPS) is 14.2. The van der Waals surface area contributed by atoms with Crippen molar-refractivity contribution in [1.82, 2.24) is 0 Å². The van der Waals surface area contributed by atoms with Crippen LogP contribution in [0.5, 0.6) is 0 Å². The van der Waals surface area contributed by atoms with Gasteiger partial charge in [-0.15, -0.1) is 0 Å². The molecule has 3 rings (SSSR count). The zero-order valence-corrected chi connectivity index (χ0v) is 21.5. The van der Waals surface area contributed by atoms with Crippen LogP contribution in [0.1, 0.15) is 104 Å². The molecule has 0 aliphatic heterocycles. The smallest absolute Gasteiger partial charge is 0.0598 e. The third-order valence-electron chi connectivity index (χ3n) is 6.41. The van der Waals surface area contributed by atoms with Gasteiger partial charge in [-0.2, -0.15) is 0 Å². The molecule has 0 atom stereocenters. The van der Waals surface area contributed by atoms with Crippen molar-refractivity contribution < 1.29 is 4.74 Å². The molecule has 173 valence electrons. The molecule has 0 spiro atoms. The number of fused-ring (bicyclic) bond motifs is 1. The fourth-order valence-electron chi connectivity index (χ4n) is 4.59. The molecule has 1 radical (unpaired) electrons. The molecule has 0 saturated heterocycles. The molecule has 0 heterocycles. The van der Waals surface area contributed by atoms with Gasteiger partial charge in [0.15, 0.2) is 0 Å². The highest BCUT2D eigenvalue weighted by Gasteiger charge is 2.24. The first-order valence-electron chi connectivity index (χ1n) is 12.5. The van der Waals surface area contributed by atoms with E-state index in [-0.39, 0.29) is 11.0 Å². The predicted molar refractivity (Wildman–Crippen MR) is 140 cm³/mol. The van der Waals surface area contributed by atoms with Crippen molar-refractivity contribution in [3.05, 3.63) is 71.1 Å². The summed E-state index contributed by atoms with van der Waals surface area (Å²) in [6.07, 6.45) is 9.62. The van der Waals surface area contributed by atoms with Gasteiger partial charge < -0.3 is 4.74 Å².